The van der Waals surface area contributed by atoms with Crippen molar-refractivity contribution in [3.05, 3.63) is 0 Å². The number of rotatable bonds is 32. The van der Waals surface area contributed by atoms with E-state index in [0.29, 0.717) is 130 Å². The highest BCUT2D eigenvalue weighted by atomic mass is 32.1. The van der Waals surface area contributed by atoms with Gasteiger partial charge in [0.1, 0.15) is 5.41 Å². The molecule has 0 spiro atoms. The molecule has 0 aromatic heterocycles. The van der Waals surface area contributed by atoms with Crippen molar-refractivity contribution in [2.24, 2.45) is 5.41 Å². The highest BCUT2D eigenvalue weighted by Crippen LogP contribution is 2.36. The van der Waals surface area contributed by atoms with Gasteiger partial charge in [0, 0.05) is 85.0 Å². The Balaban J connectivity index is 2.14. The summed E-state index contributed by atoms with van der Waals surface area (Å²) in [5.41, 5.74) is 0.152. The predicted octanol–water partition coefficient (Wildman–Crippen LogP) is 2.18. The summed E-state index contributed by atoms with van der Waals surface area (Å²) in [6, 6.07) is 0. The minimum atomic E-state index is -1.30. The van der Waals surface area contributed by atoms with Gasteiger partial charge in [-0.1, -0.05) is 25.1 Å². The van der Waals surface area contributed by atoms with Gasteiger partial charge in [0.2, 0.25) is 35.4 Å². The topological polar surface area (TPSA) is 261 Å². The Morgan fingerprint density at radius 2 is 1.12 bits per heavy atom. The summed E-state index contributed by atoms with van der Waals surface area (Å²) in [6.45, 7) is 3.56. The Hall–Kier alpha value is -3.98. The molecule has 20 heteroatoms. The molecule has 0 aromatic carbocycles. The van der Waals surface area contributed by atoms with Crippen LogP contribution >= 0.6 is 12.2 Å². The summed E-state index contributed by atoms with van der Waals surface area (Å²) in [6.07, 6.45) is 8.22. The third-order valence-corrected chi connectivity index (χ3v) is 9.87. The van der Waals surface area contributed by atoms with E-state index in [1.807, 2.05) is 0 Å². The molecule has 8 N–H and O–H groups in total. The largest absolute Gasteiger partial charge is 0.382 e. The number of thiocarbonyl (C=S) groups is 1. The number of piperidine rings is 1. The number of nitrogens with zero attached hydrogens (tertiary/aromatic N) is 4. The molecule has 0 aromatic rings. The third kappa shape index (κ3) is 21.9. The van der Waals surface area contributed by atoms with Crippen LogP contribution in [0.2, 0.25) is 0 Å². The Morgan fingerprint density at radius 3 is 1.61 bits per heavy atom. The van der Waals surface area contributed by atoms with Crippen LogP contribution in [0.15, 0.2) is 0 Å². The number of hydrogen-bond acceptors (Lipinski definition) is 12. The van der Waals surface area contributed by atoms with Crippen molar-refractivity contribution in [1.29, 1.82) is 0 Å². The quantitative estimate of drug-likeness (QED) is 0.0159. The van der Waals surface area contributed by atoms with E-state index in [-0.39, 0.29) is 63.7 Å². The van der Waals surface area contributed by atoms with Crippen LogP contribution in [0.5, 0.6) is 0 Å². The lowest BCUT2D eigenvalue weighted by atomic mass is 9.74. The second kappa shape index (κ2) is 30.1. The molecule has 1 atom stereocenters. The van der Waals surface area contributed by atoms with Crippen LogP contribution in [-0.2, 0) is 33.6 Å². The number of hydrogen-bond donors (Lipinski definition) is 8. The van der Waals surface area contributed by atoms with Gasteiger partial charge in [0.05, 0.1) is 5.49 Å². The Bertz CT molecular complexity index is 1280. The van der Waals surface area contributed by atoms with Crippen LogP contribution in [0.4, 0.5) is 0 Å². The standard InChI is InChI=1S/C37H66N8O11S/c1-30(46)42(53)25-11-3-8-22-39-31(47)15-17-33(49)43(54)26-12-4-9-23-40-32(48)16-18-34(50)44(55)27-13-5-10-24-41-35(51)37(19-6-2-7-21-38-29-57)20-14-28-45(56)36(37)52/h29,53-56H,2-28H2,1H3,(H,38,57)(H,39,47)(H,40,48)(H,41,51). The molecule has 1 aliphatic rings. The van der Waals surface area contributed by atoms with Gasteiger partial charge in [-0.25, -0.2) is 20.3 Å². The van der Waals surface area contributed by atoms with Crippen LogP contribution in [-0.4, -0.2) is 140 Å². The number of carbonyl (C=O) groups excluding carboxylic acids is 7. The molecule has 0 radical (unpaired) electrons. The van der Waals surface area contributed by atoms with E-state index >= 15 is 0 Å². The Labute approximate surface area is 341 Å². The second-order valence-electron chi connectivity index (χ2n) is 14.3. The molecule has 57 heavy (non-hydrogen) atoms. The molecule has 1 heterocycles. The molecule has 0 saturated carbocycles. The minimum absolute atomic E-state index is 0.0581. The molecule has 1 saturated heterocycles. The van der Waals surface area contributed by atoms with Crippen molar-refractivity contribution >= 4 is 59.1 Å². The van der Waals surface area contributed by atoms with E-state index in [4.69, 9.17) is 12.2 Å². The first-order valence-corrected chi connectivity index (χ1v) is 20.7. The van der Waals surface area contributed by atoms with Crippen molar-refractivity contribution < 1.29 is 54.4 Å². The van der Waals surface area contributed by atoms with Crippen LogP contribution in [0, 0.1) is 5.41 Å². The minimum Gasteiger partial charge on any atom is -0.382 e. The van der Waals surface area contributed by atoms with Gasteiger partial charge in [-0.15, -0.1) is 0 Å². The van der Waals surface area contributed by atoms with Crippen molar-refractivity contribution in [3.8, 4) is 0 Å². The molecule has 1 rings (SSSR count). The van der Waals surface area contributed by atoms with E-state index in [0.717, 1.165) is 12.8 Å². The maximum atomic E-state index is 13.2. The molecule has 19 nitrogen and oxygen atoms in total. The average molecular weight is 831 g/mol. The highest BCUT2D eigenvalue weighted by Gasteiger charge is 2.49. The summed E-state index contributed by atoms with van der Waals surface area (Å²) in [4.78, 5) is 85.6. The lowest BCUT2D eigenvalue weighted by Crippen LogP contribution is -2.55. The van der Waals surface area contributed by atoms with Crippen LogP contribution in [0.1, 0.15) is 129 Å². The van der Waals surface area contributed by atoms with Crippen molar-refractivity contribution in [1.82, 2.24) is 41.5 Å². The molecule has 1 fully saturated rings. The Kier molecular flexibility index (Phi) is 27.0. The fourth-order valence-electron chi connectivity index (χ4n) is 6.23. The lowest BCUT2D eigenvalue weighted by Gasteiger charge is -2.37. The fourth-order valence-corrected chi connectivity index (χ4v) is 6.35. The second-order valence-corrected chi connectivity index (χ2v) is 14.5. The summed E-state index contributed by atoms with van der Waals surface area (Å²) in [7, 11) is 0. The SMILES string of the molecule is CC(=O)N(O)CCCCCNC(=O)CCC(=O)N(O)CCCCCNC(=O)CCC(=O)N(O)CCCCCNC(=O)C1(CCCCCNC=S)CCCN(O)C1=O. The molecule has 1 unspecified atom stereocenters. The molecular formula is C37H66N8O11S. The number of hydroxylamine groups is 8. The zero-order valence-corrected chi connectivity index (χ0v) is 34.3. The number of amides is 7. The Morgan fingerprint density at radius 1 is 0.667 bits per heavy atom. The molecular weight excluding hydrogens is 765 g/mol. The number of carbonyl (C=O) groups is 7. The van der Waals surface area contributed by atoms with Gasteiger partial charge in [-0.05, 0) is 83.5 Å². The first-order chi connectivity index (χ1) is 27.2. The maximum Gasteiger partial charge on any atom is 0.261 e. The van der Waals surface area contributed by atoms with Crippen LogP contribution in [0.3, 0.4) is 0 Å². The van der Waals surface area contributed by atoms with Gasteiger partial charge in [0.25, 0.3) is 5.91 Å². The summed E-state index contributed by atoms with van der Waals surface area (Å²) < 4.78 is 0. The molecule has 326 valence electrons. The first kappa shape index (κ1) is 51.0. The van der Waals surface area contributed by atoms with E-state index < -0.39 is 35.0 Å². The van der Waals surface area contributed by atoms with Gasteiger partial charge in [0.15, 0.2) is 0 Å². The zero-order valence-electron chi connectivity index (χ0n) is 33.5. The van der Waals surface area contributed by atoms with Crippen molar-refractivity contribution in [3.63, 3.8) is 0 Å². The van der Waals surface area contributed by atoms with E-state index in [1.165, 1.54) is 12.4 Å². The number of unbranched alkanes of at least 4 members (excludes halogenated alkanes) is 8. The molecule has 0 aliphatic carbocycles. The fraction of sp³-hybridized carbons (Fsp3) is 0.784. The van der Waals surface area contributed by atoms with Gasteiger partial charge in [-0.3, -0.25) is 54.4 Å². The molecule has 0 bridgehead atoms. The summed E-state index contributed by atoms with van der Waals surface area (Å²) in [5.74, 6) is -3.24. The monoisotopic (exact) mass is 830 g/mol. The van der Waals surface area contributed by atoms with E-state index in [1.54, 1.807) is 0 Å². The van der Waals surface area contributed by atoms with Gasteiger partial charge >= 0.3 is 0 Å². The van der Waals surface area contributed by atoms with Crippen molar-refractivity contribution in [2.75, 3.05) is 52.4 Å². The summed E-state index contributed by atoms with van der Waals surface area (Å²) >= 11 is 4.74. The van der Waals surface area contributed by atoms with Gasteiger partial charge in [-0.2, -0.15) is 0 Å². The normalized spacial score (nSPS) is 15.0. The highest BCUT2D eigenvalue weighted by molar-refractivity contribution is 7.78. The molecule has 1 aliphatic heterocycles. The average Bonchev–Trinajstić information content (AvgIpc) is 3.19. The van der Waals surface area contributed by atoms with Gasteiger partial charge < -0.3 is 21.3 Å². The van der Waals surface area contributed by atoms with E-state index in [2.05, 4.69) is 21.3 Å². The lowest BCUT2D eigenvalue weighted by molar-refractivity contribution is -0.188. The van der Waals surface area contributed by atoms with Crippen molar-refractivity contribution in [2.45, 2.75) is 129 Å². The maximum absolute atomic E-state index is 13.2. The van der Waals surface area contributed by atoms with Crippen LogP contribution in [0.25, 0.3) is 0 Å². The summed E-state index contributed by atoms with van der Waals surface area (Å²) in [5, 5.41) is 53.1. The third-order valence-electron chi connectivity index (χ3n) is 9.70. The number of nitrogens with one attached hydrogen (secondary N) is 4. The smallest absolute Gasteiger partial charge is 0.261 e. The molecule has 7 amide bonds. The van der Waals surface area contributed by atoms with E-state index in [9.17, 15) is 54.4 Å². The zero-order chi connectivity index (χ0) is 42.5. The van der Waals surface area contributed by atoms with Crippen LogP contribution < -0.4 is 21.3 Å². The first-order valence-electron chi connectivity index (χ1n) is 20.2. The predicted molar refractivity (Wildman–Crippen MR) is 211 cm³/mol.